The first-order valence-electron chi connectivity index (χ1n) is 5.52. The van der Waals surface area contributed by atoms with Crippen molar-refractivity contribution in [2.24, 2.45) is 5.73 Å². The molecule has 0 bridgehead atoms. The largest absolute Gasteiger partial charge is 0.385 e. The van der Waals surface area contributed by atoms with E-state index in [0.29, 0.717) is 18.1 Å². The maximum absolute atomic E-state index is 11.5. The number of methoxy groups -OCH3 is 1. The minimum absolute atomic E-state index is 0.337. The molecular formula is C13H18ClNO2. The molecule has 2 N–H and O–H groups in total. The molecule has 0 saturated carbocycles. The lowest BCUT2D eigenvalue weighted by atomic mass is 9.88. The number of hydrogen-bond donors (Lipinski definition) is 1. The Morgan fingerprint density at radius 2 is 2.12 bits per heavy atom. The SMILES string of the molecule is COCCC(C(N)=O)c1c(C)ccc(Cl)c1C. The normalized spacial score (nSPS) is 12.5. The van der Waals surface area contributed by atoms with Crippen LogP contribution in [0, 0.1) is 13.8 Å². The second-order valence-electron chi connectivity index (χ2n) is 4.14. The number of rotatable bonds is 5. The molecule has 0 aliphatic rings. The third-order valence-corrected chi connectivity index (χ3v) is 3.38. The van der Waals surface area contributed by atoms with E-state index in [1.807, 2.05) is 26.0 Å². The number of benzene rings is 1. The molecule has 0 radical (unpaired) electrons. The average molecular weight is 256 g/mol. The van der Waals surface area contributed by atoms with Crippen molar-refractivity contribution in [3.63, 3.8) is 0 Å². The van der Waals surface area contributed by atoms with E-state index in [-0.39, 0.29) is 11.8 Å². The van der Waals surface area contributed by atoms with Crippen LogP contribution in [-0.2, 0) is 9.53 Å². The van der Waals surface area contributed by atoms with Crippen LogP contribution in [0.2, 0.25) is 5.02 Å². The second kappa shape index (κ2) is 6.03. The van der Waals surface area contributed by atoms with Crippen LogP contribution in [0.1, 0.15) is 29.0 Å². The summed E-state index contributed by atoms with van der Waals surface area (Å²) in [4.78, 5) is 11.5. The fourth-order valence-corrected chi connectivity index (χ4v) is 2.20. The van der Waals surface area contributed by atoms with Crippen molar-refractivity contribution in [1.29, 1.82) is 0 Å². The van der Waals surface area contributed by atoms with Gasteiger partial charge in [0, 0.05) is 18.7 Å². The van der Waals surface area contributed by atoms with Crippen molar-refractivity contribution in [1.82, 2.24) is 0 Å². The highest BCUT2D eigenvalue weighted by molar-refractivity contribution is 6.31. The zero-order chi connectivity index (χ0) is 13.0. The lowest BCUT2D eigenvalue weighted by molar-refractivity contribution is -0.119. The third-order valence-electron chi connectivity index (χ3n) is 2.97. The first-order valence-corrected chi connectivity index (χ1v) is 5.90. The highest BCUT2D eigenvalue weighted by Crippen LogP contribution is 2.30. The quantitative estimate of drug-likeness (QED) is 0.879. The minimum Gasteiger partial charge on any atom is -0.385 e. The second-order valence-corrected chi connectivity index (χ2v) is 4.55. The van der Waals surface area contributed by atoms with E-state index in [1.54, 1.807) is 7.11 Å². The Morgan fingerprint density at radius 1 is 1.47 bits per heavy atom. The van der Waals surface area contributed by atoms with Gasteiger partial charge in [-0.3, -0.25) is 4.79 Å². The van der Waals surface area contributed by atoms with E-state index in [1.165, 1.54) is 0 Å². The lowest BCUT2D eigenvalue weighted by Gasteiger charge is -2.19. The summed E-state index contributed by atoms with van der Waals surface area (Å²) in [5, 5.41) is 0.661. The van der Waals surface area contributed by atoms with Crippen molar-refractivity contribution < 1.29 is 9.53 Å². The number of halogens is 1. The van der Waals surface area contributed by atoms with Gasteiger partial charge in [-0.2, -0.15) is 0 Å². The van der Waals surface area contributed by atoms with E-state index in [2.05, 4.69) is 0 Å². The monoisotopic (exact) mass is 255 g/mol. The molecule has 0 heterocycles. The number of ether oxygens (including phenoxy) is 1. The van der Waals surface area contributed by atoms with Gasteiger partial charge in [-0.1, -0.05) is 17.7 Å². The predicted octanol–water partition coefficient (Wildman–Crippen LogP) is 2.56. The van der Waals surface area contributed by atoms with Gasteiger partial charge in [-0.25, -0.2) is 0 Å². The molecule has 1 amide bonds. The van der Waals surface area contributed by atoms with Crippen LogP contribution in [0.15, 0.2) is 12.1 Å². The van der Waals surface area contributed by atoms with Crippen LogP contribution >= 0.6 is 11.6 Å². The average Bonchev–Trinajstić information content (AvgIpc) is 2.28. The van der Waals surface area contributed by atoms with Gasteiger partial charge in [0.05, 0.1) is 5.92 Å². The molecule has 1 unspecified atom stereocenters. The molecule has 0 aliphatic carbocycles. The number of hydrogen-bond acceptors (Lipinski definition) is 2. The summed E-state index contributed by atoms with van der Waals surface area (Å²) in [6.45, 7) is 4.37. The summed E-state index contributed by atoms with van der Waals surface area (Å²) in [5.74, 6) is -0.677. The maximum atomic E-state index is 11.5. The van der Waals surface area contributed by atoms with Crippen LogP contribution in [0.3, 0.4) is 0 Å². The molecule has 1 aromatic carbocycles. The van der Waals surface area contributed by atoms with Gasteiger partial charge in [0.15, 0.2) is 0 Å². The Kier molecular flexibility index (Phi) is 4.97. The zero-order valence-corrected chi connectivity index (χ0v) is 11.2. The molecule has 17 heavy (non-hydrogen) atoms. The number of amides is 1. The summed E-state index contributed by atoms with van der Waals surface area (Å²) < 4.78 is 5.01. The molecule has 1 rings (SSSR count). The highest BCUT2D eigenvalue weighted by Gasteiger charge is 2.22. The molecule has 94 valence electrons. The van der Waals surface area contributed by atoms with Crippen molar-refractivity contribution in [3.05, 3.63) is 33.8 Å². The fourth-order valence-electron chi connectivity index (χ4n) is 2.04. The molecule has 1 aromatic rings. The Labute approximate surface area is 107 Å². The summed E-state index contributed by atoms with van der Waals surface area (Å²) >= 11 is 6.09. The molecule has 4 heteroatoms. The molecule has 0 spiro atoms. The zero-order valence-electron chi connectivity index (χ0n) is 10.4. The van der Waals surface area contributed by atoms with E-state index in [4.69, 9.17) is 22.1 Å². The third kappa shape index (κ3) is 3.20. The minimum atomic E-state index is -0.339. The fraction of sp³-hybridized carbons (Fsp3) is 0.462. The summed E-state index contributed by atoms with van der Waals surface area (Å²) in [7, 11) is 1.61. The first-order chi connectivity index (χ1) is 7.99. The first kappa shape index (κ1) is 14.0. The Balaban J connectivity index is 3.17. The van der Waals surface area contributed by atoms with Crippen LogP contribution < -0.4 is 5.73 Å². The smallest absolute Gasteiger partial charge is 0.225 e. The molecule has 3 nitrogen and oxygen atoms in total. The molecule has 1 atom stereocenters. The van der Waals surface area contributed by atoms with Crippen LogP contribution in [-0.4, -0.2) is 19.6 Å². The lowest BCUT2D eigenvalue weighted by Crippen LogP contribution is -2.24. The van der Waals surface area contributed by atoms with Gasteiger partial charge < -0.3 is 10.5 Å². The van der Waals surface area contributed by atoms with Crippen molar-refractivity contribution in [2.75, 3.05) is 13.7 Å². The van der Waals surface area contributed by atoms with Crippen LogP contribution in [0.4, 0.5) is 0 Å². The van der Waals surface area contributed by atoms with Gasteiger partial charge in [0.2, 0.25) is 5.91 Å². The summed E-state index contributed by atoms with van der Waals surface area (Å²) in [5.41, 5.74) is 8.35. The standard InChI is InChI=1S/C13H18ClNO2/c1-8-4-5-11(14)9(2)12(8)10(13(15)16)6-7-17-3/h4-5,10H,6-7H2,1-3H3,(H2,15,16). The van der Waals surface area contributed by atoms with Crippen LogP contribution in [0.25, 0.3) is 0 Å². The van der Waals surface area contributed by atoms with Gasteiger partial charge >= 0.3 is 0 Å². The van der Waals surface area contributed by atoms with E-state index in [9.17, 15) is 4.79 Å². The van der Waals surface area contributed by atoms with Crippen molar-refractivity contribution in [3.8, 4) is 0 Å². The highest BCUT2D eigenvalue weighted by atomic mass is 35.5. The van der Waals surface area contributed by atoms with Gasteiger partial charge in [0.25, 0.3) is 0 Å². The molecule has 0 aromatic heterocycles. The molecule has 0 aliphatic heterocycles. The summed E-state index contributed by atoms with van der Waals surface area (Å²) in [6, 6.07) is 3.75. The molecule has 0 fully saturated rings. The number of primary amides is 1. The summed E-state index contributed by atoms with van der Waals surface area (Å²) in [6.07, 6.45) is 0.577. The van der Waals surface area contributed by atoms with Gasteiger partial charge in [-0.05, 0) is 43.0 Å². The predicted molar refractivity (Wildman–Crippen MR) is 69.4 cm³/mol. The van der Waals surface area contributed by atoms with Gasteiger partial charge in [0.1, 0.15) is 0 Å². The Morgan fingerprint density at radius 3 is 2.65 bits per heavy atom. The van der Waals surface area contributed by atoms with E-state index < -0.39 is 0 Å². The van der Waals surface area contributed by atoms with Crippen molar-refractivity contribution in [2.45, 2.75) is 26.2 Å². The Bertz CT molecular complexity index is 418. The topological polar surface area (TPSA) is 52.3 Å². The number of carbonyl (C=O) groups is 1. The molecule has 0 saturated heterocycles. The number of carbonyl (C=O) groups excluding carboxylic acids is 1. The molecular weight excluding hydrogens is 238 g/mol. The Hall–Kier alpha value is -1.06. The van der Waals surface area contributed by atoms with E-state index in [0.717, 1.165) is 16.7 Å². The van der Waals surface area contributed by atoms with Gasteiger partial charge in [-0.15, -0.1) is 0 Å². The van der Waals surface area contributed by atoms with Crippen LogP contribution in [0.5, 0.6) is 0 Å². The number of aryl methyl sites for hydroxylation is 1. The van der Waals surface area contributed by atoms with Crippen molar-refractivity contribution >= 4 is 17.5 Å². The number of nitrogens with two attached hydrogens (primary N) is 1. The maximum Gasteiger partial charge on any atom is 0.225 e. The van der Waals surface area contributed by atoms with E-state index >= 15 is 0 Å².